The highest BCUT2D eigenvalue weighted by molar-refractivity contribution is 5.90. The molecule has 108 valence electrons. The SMILES string of the molecule is CCN(CC)Cc1c(-c2ccccc2)[nH]c2ccccc12. The molecule has 0 saturated carbocycles. The molecule has 0 fully saturated rings. The summed E-state index contributed by atoms with van der Waals surface area (Å²) in [5, 5.41) is 1.34. The van der Waals surface area contributed by atoms with Gasteiger partial charge in [0.05, 0.1) is 5.69 Å². The van der Waals surface area contributed by atoms with Gasteiger partial charge in [-0.05, 0) is 30.3 Å². The molecular formula is C19H22N2. The molecule has 0 atom stereocenters. The van der Waals surface area contributed by atoms with Crippen molar-refractivity contribution in [2.24, 2.45) is 0 Å². The lowest BCUT2D eigenvalue weighted by molar-refractivity contribution is 0.297. The molecule has 21 heavy (non-hydrogen) atoms. The summed E-state index contributed by atoms with van der Waals surface area (Å²) < 4.78 is 0. The van der Waals surface area contributed by atoms with Gasteiger partial charge in [-0.1, -0.05) is 62.4 Å². The smallest absolute Gasteiger partial charge is 0.0510 e. The molecule has 0 amide bonds. The minimum atomic E-state index is 0.987. The van der Waals surface area contributed by atoms with E-state index in [1.54, 1.807) is 0 Å². The van der Waals surface area contributed by atoms with Gasteiger partial charge in [0.2, 0.25) is 0 Å². The largest absolute Gasteiger partial charge is 0.354 e. The molecule has 0 unspecified atom stereocenters. The number of benzene rings is 2. The molecule has 2 nitrogen and oxygen atoms in total. The number of nitrogens with one attached hydrogen (secondary N) is 1. The number of aromatic nitrogens is 1. The molecular weight excluding hydrogens is 256 g/mol. The average Bonchev–Trinajstić information content (AvgIpc) is 2.92. The Hall–Kier alpha value is -2.06. The third kappa shape index (κ3) is 2.72. The first-order chi connectivity index (χ1) is 10.3. The molecule has 0 spiro atoms. The van der Waals surface area contributed by atoms with Crippen molar-refractivity contribution in [3.63, 3.8) is 0 Å². The molecule has 0 saturated heterocycles. The molecule has 0 aliphatic carbocycles. The molecule has 0 radical (unpaired) electrons. The second kappa shape index (κ2) is 6.15. The lowest BCUT2D eigenvalue weighted by Crippen LogP contribution is -2.22. The van der Waals surface area contributed by atoms with Crippen LogP contribution in [0.4, 0.5) is 0 Å². The first kappa shape index (κ1) is 13.9. The Bertz CT molecular complexity index is 709. The zero-order valence-electron chi connectivity index (χ0n) is 12.8. The monoisotopic (exact) mass is 278 g/mol. The first-order valence-corrected chi connectivity index (χ1v) is 7.70. The Labute approximate surface area is 126 Å². The van der Waals surface area contributed by atoms with Crippen LogP contribution in [0.2, 0.25) is 0 Å². The van der Waals surface area contributed by atoms with Crippen LogP contribution < -0.4 is 0 Å². The molecule has 0 bridgehead atoms. The van der Waals surface area contributed by atoms with Gasteiger partial charge >= 0.3 is 0 Å². The zero-order valence-corrected chi connectivity index (χ0v) is 12.8. The van der Waals surface area contributed by atoms with E-state index in [0.717, 1.165) is 19.6 Å². The fourth-order valence-electron chi connectivity index (χ4n) is 2.89. The maximum absolute atomic E-state index is 3.61. The summed E-state index contributed by atoms with van der Waals surface area (Å²) in [6, 6.07) is 19.2. The quantitative estimate of drug-likeness (QED) is 0.718. The van der Waals surface area contributed by atoms with Gasteiger partial charge in [0.25, 0.3) is 0 Å². The van der Waals surface area contributed by atoms with Gasteiger partial charge in [-0.2, -0.15) is 0 Å². The molecule has 2 aromatic carbocycles. The summed E-state index contributed by atoms with van der Waals surface area (Å²) >= 11 is 0. The van der Waals surface area contributed by atoms with Crippen LogP contribution in [0.3, 0.4) is 0 Å². The van der Waals surface area contributed by atoms with E-state index >= 15 is 0 Å². The average molecular weight is 278 g/mol. The topological polar surface area (TPSA) is 19.0 Å². The molecule has 0 aliphatic heterocycles. The van der Waals surface area contributed by atoms with Crippen molar-refractivity contribution in [2.75, 3.05) is 13.1 Å². The summed E-state index contributed by atoms with van der Waals surface area (Å²) in [7, 11) is 0. The Balaban J connectivity index is 2.14. The number of nitrogens with zero attached hydrogens (tertiary/aromatic N) is 1. The van der Waals surface area contributed by atoms with E-state index in [2.05, 4.69) is 78.3 Å². The van der Waals surface area contributed by atoms with Crippen molar-refractivity contribution in [1.82, 2.24) is 9.88 Å². The van der Waals surface area contributed by atoms with Gasteiger partial charge in [0, 0.05) is 17.4 Å². The highest BCUT2D eigenvalue weighted by Gasteiger charge is 2.14. The van der Waals surface area contributed by atoms with Gasteiger partial charge in [0.1, 0.15) is 0 Å². The molecule has 1 heterocycles. The molecule has 2 heteroatoms. The fourth-order valence-corrected chi connectivity index (χ4v) is 2.89. The Morgan fingerprint density at radius 1 is 0.857 bits per heavy atom. The van der Waals surface area contributed by atoms with Crippen molar-refractivity contribution in [1.29, 1.82) is 0 Å². The van der Waals surface area contributed by atoms with Gasteiger partial charge in [0.15, 0.2) is 0 Å². The number of H-pyrrole nitrogens is 1. The third-order valence-electron chi connectivity index (χ3n) is 4.15. The zero-order chi connectivity index (χ0) is 14.7. The van der Waals surface area contributed by atoms with E-state index in [1.165, 1.54) is 27.7 Å². The number of hydrogen-bond donors (Lipinski definition) is 1. The number of hydrogen-bond acceptors (Lipinski definition) is 1. The van der Waals surface area contributed by atoms with Crippen molar-refractivity contribution in [3.05, 3.63) is 60.2 Å². The van der Waals surface area contributed by atoms with Crippen molar-refractivity contribution in [2.45, 2.75) is 20.4 Å². The van der Waals surface area contributed by atoms with Crippen LogP contribution in [0.5, 0.6) is 0 Å². The number of rotatable bonds is 5. The van der Waals surface area contributed by atoms with Gasteiger partial charge < -0.3 is 4.98 Å². The second-order valence-corrected chi connectivity index (χ2v) is 5.35. The van der Waals surface area contributed by atoms with Crippen LogP contribution in [-0.2, 0) is 6.54 Å². The summed E-state index contributed by atoms with van der Waals surface area (Å²) in [6.07, 6.45) is 0. The molecule has 3 rings (SSSR count). The van der Waals surface area contributed by atoms with Crippen molar-refractivity contribution < 1.29 is 0 Å². The Kier molecular flexibility index (Phi) is 4.07. The second-order valence-electron chi connectivity index (χ2n) is 5.35. The molecule has 0 aliphatic rings. The van der Waals surface area contributed by atoms with Gasteiger partial charge in [-0.25, -0.2) is 0 Å². The van der Waals surface area contributed by atoms with Crippen LogP contribution in [-0.4, -0.2) is 23.0 Å². The highest BCUT2D eigenvalue weighted by atomic mass is 15.1. The molecule has 1 aromatic heterocycles. The van der Waals surface area contributed by atoms with Crippen LogP contribution in [0.25, 0.3) is 22.2 Å². The summed E-state index contributed by atoms with van der Waals surface area (Å²) in [6.45, 7) is 7.58. The van der Waals surface area contributed by atoms with Crippen molar-refractivity contribution in [3.8, 4) is 11.3 Å². The Morgan fingerprint density at radius 2 is 1.52 bits per heavy atom. The van der Waals surface area contributed by atoms with E-state index in [1.807, 2.05) is 0 Å². The lowest BCUT2D eigenvalue weighted by Gasteiger charge is -2.18. The predicted octanol–water partition coefficient (Wildman–Crippen LogP) is 4.68. The highest BCUT2D eigenvalue weighted by Crippen LogP contribution is 2.31. The van der Waals surface area contributed by atoms with Gasteiger partial charge in [-0.3, -0.25) is 4.90 Å². The summed E-state index contributed by atoms with van der Waals surface area (Å²) in [5.74, 6) is 0. The standard InChI is InChI=1S/C19H22N2/c1-3-21(4-2)14-17-16-12-8-9-13-18(16)20-19(17)15-10-6-5-7-11-15/h5-13,20H,3-4,14H2,1-2H3. The minimum absolute atomic E-state index is 0.987. The predicted molar refractivity (Wildman–Crippen MR) is 90.4 cm³/mol. The van der Waals surface area contributed by atoms with Crippen LogP contribution in [0.15, 0.2) is 54.6 Å². The van der Waals surface area contributed by atoms with E-state index in [4.69, 9.17) is 0 Å². The summed E-state index contributed by atoms with van der Waals surface area (Å²) in [4.78, 5) is 6.07. The van der Waals surface area contributed by atoms with Crippen LogP contribution >= 0.6 is 0 Å². The third-order valence-corrected chi connectivity index (χ3v) is 4.15. The normalized spacial score (nSPS) is 11.4. The number of aromatic amines is 1. The maximum atomic E-state index is 3.61. The maximum Gasteiger partial charge on any atom is 0.0510 e. The van der Waals surface area contributed by atoms with E-state index in [-0.39, 0.29) is 0 Å². The van der Waals surface area contributed by atoms with Crippen LogP contribution in [0.1, 0.15) is 19.4 Å². The first-order valence-electron chi connectivity index (χ1n) is 7.70. The van der Waals surface area contributed by atoms with Gasteiger partial charge in [-0.15, -0.1) is 0 Å². The number of fused-ring (bicyclic) bond motifs is 1. The minimum Gasteiger partial charge on any atom is -0.354 e. The van der Waals surface area contributed by atoms with E-state index in [0.29, 0.717) is 0 Å². The lowest BCUT2D eigenvalue weighted by atomic mass is 10.0. The summed E-state index contributed by atoms with van der Waals surface area (Å²) in [5.41, 5.74) is 5.14. The number of para-hydroxylation sites is 1. The van der Waals surface area contributed by atoms with E-state index in [9.17, 15) is 0 Å². The molecule has 3 aromatic rings. The molecule has 1 N–H and O–H groups in total. The Morgan fingerprint density at radius 3 is 2.24 bits per heavy atom. The fraction of sp³-hybridized carbons (Fsp3) is 0.263. The van der Waals surface area contributed by atoms with E-state index < -0.39 is 0 Å². The van der Waals surface area contributed by atoms with Crippen molar-refractivity contribution >= 4 is 10.9 Å². The van der Waals surface area contributed by atoms with Crippen LogP contribution in [0, 0.1) is 0 Å².